The van der Waals surface area contributed by atoms with E-state index in [1.54, 1.807) is 18.2 Å². The summed E-state index contributed by atoms with van der Waals surface area (Å²) in [6, 6.07) is 11.2. The first-order chi connectivity index (χ1) is 11.6. The van der Waals surface area contributed by atoms with Crippen LogP contribution in [-0.2, 0) is 4.79 Å². The van der Waals surface area contributed by atoms with Crippen LogP contribution in [0.15, 0.2) is 36.4 Å². The van der Waals surface area contributed by atoms with Crippen LogP contribution in [0.25, 0.3) is 0 Å². The highest BCUT2D eigenvalue weighted by Gasteiger charge is 2.09. The number of halogens is 1. The van der Waals surface area contributed by atoms with Gasteiger partial charge in [0.25, 0.3) is 5.91 Å². The minimum atomic E-state index is -0.427. The topological polar surface area (TPSA) is 88.4 Å². The molecule has 0 saturated carbocycles. The van der Waals surface area contributed by atoms with E-state index in [4.69, 9.17) is 26.3 Å². The van der Waals surface area contributed by atoms with E-state index >= 15 is 0 Å². The van der Waals surface area contributed by atoms with Gasteiger partial charge in [-0.2, -0.15) is 5.26 Å². The van der Waals surface area contributed by atoms with E-state index in [0.29, 0.717) is 23.3 Å². The van der Waals surface area contributed by atoms with Crippen molar-refractivity contribution in [2.45, 2.75) is 0 Å². The Morgan fingerprint density at radius 2 is 2.12 bits per heavy atom. The van der Waals surface area contributed by atoms with E-state index < -0.39 is 5.91 Å². The zero-order valence-electron chi connectivity index (χ0n) is 12.7. The van der Waals surface area contributed by atoms with Gasteiger partial charge in [-0.15, -0.1) is 0 Å². The van der Waals surface area contributed by atoms with Crippen LogP contribution < -0.4 is 14.8 Å². The van der Waals surface area contributed by atoms with Gasteiger partial charge in [0.15, 0.2) is 12.9 Å². The van der Waals surface area contributed by atoms with Crippen molar-refractivity contribution in [1.82, 2.24) is 0 Å². The first-order valence-corrected chi connectivity index (χ1v) is 7.20. The van der Waals surface area contributed by atoms with E-state index in [1.165, 1.54) is 25.3 Å². The average molecular weight is 345 g/mol. The maximum absolute atomic E-state index is 11.9. The molecule has 24 heavy (non-hydrogen) atoms. The first-order valence-electron chi connectivity index (χ1n) is 6.83. The predicted molar refractivity (Wildman–Crippen MR) is 88.7 cm³/mol. The summed E-state index contributed by atoms with van der Waals surface area (Å²) < 4.78 is 10.4. The highest BCUT2D eigenvalue weighted by atomic mass is 35.5. The SMILES string of the molecule is COc1ccc(OCC(=O)Nc2ccc(C#N)c(Cl)c2)c(C=O)c1. The molecule has 1 amide bonds. The molecule has 2 aromatic carbocycles. The lowest BCUT2D eigenvalue weighted by molar-refractivity contribution is -0.118. The van der Waals surface area contributed by atoms with Crippen molar-refractivity contribution >= 4 is 29.5 Å². The molecule has 122 valence electrons. The number of nitrogens with zero attached hydrogens (tertiary/aromatic N) is 1. The van der Waals surface area contributed by atoms with Crippen LogP contribution in [0.3, 0.4) is 0 Å². The molecule has 0 aliphatic heterocycles. The van der Waals surface area contributed by atoms with Crippen molar-refractivity contribution in [2.75, 3.05) is 19.0 Å². The minimum absolute atomic E-state index is 0.245. The molecule has 6 nitrogen and oxygen atoms in total. The zero-order valence-corrected chi connectivity index (χ0v) is 13.5. The maximum atomic E-state index is 11.9. The van der Waals surface area contributed by atoms with Gasteiger partial charge in [-0.05, 0) is 36.4 Å². The van der Waals surface area contributed by atoms with E-state index in [1.807, 2.05) is 6.07 Å². The fourth-order valence-electron chi connectivity index (χ4n) is 1.90. The van der Waals surface area contributed by atoms with Crippen LogP contribution in [0.1, 0.15) is 15.9 Å². The molecule has 7 heteroatoms. The Hall–Kier alpha value is -3.04. The molecule has 2 rings (SSSR count). The molecule has 0 atom stereocenters. The number of anilines is 1. The number of hydrogen-bond donors (Lipinski definition) is 1. The van der Waals surface area contributed by atoms with Crippen molar-refractivity contribution in [3.8, 4) is 17.6 Å². The lowest BCUT2D eigenvalue weighted by Gasteiger charge is -2.10. The molecule has 1 N–H and O–H groups in total. The number of ether oxygens (including phenoxy) is 2. The third kappa shape index (κ3) is 4.24. The summed E-state index contributed by atoms with van der Waals surface area (Å²) in [7, 11) is 1.49. The fourth-order valence-corrected chi connectivity index (χ4v) is 2.12. The summed E-state index contributed by atoms with van der Waals surface area (Å²) in [5.41, 5.74) is 1.04. The molecule has 0 aliphatic carbocycles. The number of carbonyl (C=O) groups excluding carboxylic acids is 2. The maximum Gasteiger partial charge on any atom is 0.262 e. The van der Waals surface area contributed by atoms with Gasteiger partial charge in [0.1, 0.15) is 17.6 Å². The van der Waals surface area contributed by atoms with Gasteiger partial charge in [0.05, 0.1) is 23.3 Å². The van der Waals surface area contributed by atoms with Gasteiger partial charge in [-0.25, -0.2) is 0 Å². The molecule has 0 fully saturated rings. The molecule has 0 heterocycles. The van der Waals surface area contributed by atoms with Crippen molar-refractivity contribution in [3.63, 3.8) is 0 Å². The summed E-state index contributed by atoms with van der Waals surface area (Å²) in [6.45, 7) is -0.287. The molecule has 0 unspecified atom stereocenters. The predicted octanol–water partition coefficient (Wildman–Crippen LogP) is 3.05. The Morgan fingerprint density at radius 1 is 1.33 bits per heavy atom. The monoisotopic (exact) mass is 344 g/mol. The molecule has 0 spiro atoms. The molecule has 0 radical (unpaired) electrons. The quantitative estimate of drug-likeness (QED) is 0.813. The van der Waals surface area contributed by atoms with Crippen LogP contribution in [0.4, 0.5) is 5.69 Å². The molecular formula is C17H13ClN2O4. The largest absolute Gasteiger partial charge is 0.497 e. The number of carbonyl (C=O) groups is 2. The number of rotatable bonds is 6. The normalized spacial score (nSPS) is 9.71. The van der Waals surface area contributed by atoms with Gasteiger partial charge < -0.3 is 14.8 Å². The number of amides is 1. The van der Waals surface area contributed by atoms with Crippen LogP contribution >= 0.6 is 11.6 Å². The fraction of sp³-hybridized carbons (Fsp3) is 0.118. The summed E-state index contributed by atoms with van der Waals surface area (Å²) in [4.78, 5) is 23.0. The van der Waals surface area contributed by atoms with Crippen molar-refractivity contribution < 1.29 is 19.1 Å². The number of aldehydes is 1. The van der Waals surface area contributed by atoms with E-state index in [0.717, 1.165) is 0 Å². The van der Waals surface area contributed by atoms with Crippen molar-refractivity contribution in [3.05, 3.63) is 52.5 Å². The summed E-state index contributed by atoms with van der Waals surface area (Å²) >= 11 is 5.90. The number of nitrogens with one attached hydrogen (secondary N) is 1. The van der Waals surface area contributed by atoms with Crippen LogP contribution in [0.2, 0.25) is 5.02 Å². The van der Waals surface area contributed by atoms with Gasteiger partial charge >= 0.3 is 0 Å². The molecule has 0 bridgehead atoms. The standard InChI is InChI=1S/C17H13ClN2O4/c1-23-14-4-5-16(12(6-14)9-21)24-10-17(22)20-13-3-2-11(8-19)15(18)7-13/h2-7,9H,10H2,1H3,(H,20,22). The molecular weight excluding hydrogens is 332 g/mol. The lowest BCUT2D eigenvalue weighted by atomic mass is 10.2. The van der Waals surface area contributed by atoms with Gasteiger partial charge in [0.2, 0.25) is 0 Å². The second kappa shape index (κ2) is 7.99. The summed E-state index contributed by atoms with van der Waals surface area (Å²) in [5, 5.41) is 11.6. The number of nitriles is 1. The third-order valence-corrected chi connectivity index (χ3v) is 3.39. The molecule has 0 aliphatic rings. The number of hydrogen-bond acceptors (Lipinski definition) is 5. The van der Waals surface area contributed by atoms with E-state index in [-0.39, 0.29) is 22.9 Å². The Labute approximate surface area is 143 Å². The Kier molecular flexibility index (Phi) is 5.77. The average Bonchev–Trinajstić information content (AvgIpc) is 2.60. The van der Waals surface area contributed by atoms with Gasteiger partial charge in [-0.1, -0.05) is 11.6 Å². The van der Waals surface area contributed by atoms with Crippen LogP contribution in [-0.4, -0.2) is 25.9 Å². The Balaban J connectivity index is 2.00. The zero-order chi connectivity index (χ0) is 17.5. The van der Waals surface area contributed by atoms with E-state index in [9.17, 15) is 9.59 Å². The second-order valence-corrected chi connectivity index (χ2v) is 5.07. The first kappa shape index (κ1) is 17.3. The second-order valence-electron chi connectivity index (χ2n) is 4.66. The summed E-state index contributed by atoms with van der Waals surface area (Å²) in [6.07, 6.45) is 0.621. The molecule has 0 saturated heterocycles. The Bertz CT molecular complexity index is 815. The van der Waals surface area contributed by atoms with E-state index in [2.05, 4.69) is 5.32 Å². The highest BCUT2D eigenvalue weighted by molar-refractivity contribution is 6.32. The van der Waals surface area contributed by atoms with Crippen LogP contribution in [0, 0.1) is 11.3 Å². The highest BCUT2D eigenvalue weighted by Crippen LogP contribution is 2.23. The molecule has 0 aromatic heterocycles. The van der Waals surface area contributed by atoms with Crippen LogP contribution in [0.5, 0.6) is 11.5 Å². The third-order valence-electron chi connectivity index (χ3n) is 3.08. The lowest BCUT2D eigenvalue weighted by Crippen LogP contribution is -2.20. The molecule has 2 aromatic rings. The summed E-state index contributed by atoms with van der Waals surface area (Å²) in [5.74, 6) is 0.364. The van der Waals surface area contributed by atoms with Crippen molar-refractivity contribution in [2.24, 2.45) is 0 Å². The minimum Gasteiger partial charge on any atom is -0.497 e. The number of methoxy groups -OCH3 is 1. The van der Waals surface area contributed by atoms with Gasteiger partial charge in [-0.3, -0.25) is 9.59 Å². The Morgan fingerprint density at radius 3 is 2.75 bits per heavy atom. The van der Waals surface area contributed by atoms with Gasteiger partial charge in [0, 0.05) is 5.69 Å². The van der Waals surface area contributed by atoms with Crippen molar-refractivity contribution in [1.29, 1.82) is 5.26 Å². The number of benzene rings is 2. The smallest absolute Gasteiger partial charge is 0.262 e.